The lowest BCUT2D eigenvalue weighted by atomic mass is 9.86. The third kappa shape index (κ3) is 5.31. The van der Waals surface area contributed by atoms with E-state index < -0.39 is 6.04 Å². The molecule has 2 heterocycles. The van der Waals surface area contributed by atoms with E-state index in [9.17, 15) is 9.59 Å². The van der Waals surface area contributed by atoms with Gasteiger partial charge < -0.3 is 24.4 Å². The van der Waals surface area contributed by atoms with E-state index in [0.717, 1.165) is 11.1 Å². The molecule has 0 aromatic heterocycles. The Kier molecular flexibility index (Phi) is 7.25. The van der Waals surface area contributed by atoms with Crippen LogP contribution in [0.3, 0.4) is 0 Å². The molecule has 2 amide bonds. The van der Waals surface area contributed by atoms with Crippen LogP contribution in [-0.4, -0.2) is 42.4 Å². The largest absolute Gasteiger partial charge is 0.497 e. The quantitative estimate of drug-likeness (QED) is 0.465. The van der Waals surface area contributed by atoms with Crippen LogP contribution in [0.25, 0.3) is 0 Å². The van der Waals surface area contributed by atoms with E-state index in [4.69, 9.17) is 14.2 Å². The Bertz CT molecular complexity index is 1320. The first-order chi connectivity index (χ1) is 18.2. The summed E-state index contributed by atoms with van der Waals surface area (Å²) in [5, 5.41) is 2.75. The number of nitrogens with one attached hydrogen (secondary N) is 1. The van der Waals surface area contributed by atoms with Gasteiger partial charge >= 0.3 is 0 Å². The lowest BCUT2D eigenvalue weighted by Crippen LogP contribution is -2.47. The summed E-state index contributed by atoms with van der Waals surface area (Å²) in [5.41, 5.74) is 3.65. The van der Waals surface area contributed by atoms with E-state index >= 15 is 0 Å². The summed E-state index contributed by atoms with van der Waals surface area (Å²) in [6.45, 7) is 7.04. The van der Waals surface area contributed by atoms with Crippen LogP contribution in [0.15, 0.2) is 66.7 Å². The first kappa shape index (κ1) is 26.0. The van der Waals surface area contributed by atoms with Crippen molar-refractivity contribution in [2.45, 2.75) is 44.1 Å². The number of carbonyl (C=O) groups is 2. The van der Waals surface area contributed by atoms with Crippen molar-refractivity contribution in [2.75, 3.05) is 19.7 Å². The van der Waals surface area contributed by atoms with Crippen LogP contribution in [0.2, 0.25) is 0 Å². The first-order valence-corrected chi connectivity index (χ1v) is 13.6. The number of hydrogen-bond donors (Lipinski definition) is 1. The van der Waals surface area contributed by atoms with Crippen LogP contribution in [0, 0.1) is 0 Å². The number of benzene rings is 3. The molecule has 0 aliphatic carbocycles. The van der Waals surface area contributed by atoms with E-state index in [-0.39, 0.29) is 29.4 Å². The van der Waals surface area contributed by atoms with Gasteiger partial charge in [0.2, 0.25) is 12.7 Å². The molecule has 198 valence electrons. The van der Waals surface area contributed by atoms with E-state index in [2.05, 4.69) is 50.4 Å². The molecule has 0 spiro atoms. The van der Waals surface area contributed by atoms with E-state index in [0.29, 0.717) is 35.1 Å². The second kappa shape index (κ2) is 10.6. The van der Waals surface area contributed by atoms with Crippen LogP contribution >= 0.6 is 11.8 Å². The maximum atomic E-state index is 13.8. The minimum absolute atomic E-state index is 0.0249. The lowest BCUT2D eigenvalue weighted by molar-refractivity contribution is -0.125. The average molecular weight is 533 g/mol. The zero-order chi connectivity index (χ0) is 26.9. The molecule has 38 heavy (non-hydrogen) atoms. The zero-order valence-corrected chi connectivity index (χ0v) is 22.8. The Morgan fingerprint density at radius 2 is 1.71 bits per heavy atom. The predicted molar refractivity (Wildman–Crippen MR) is 148 cm³/mol. The Labute approximate surface area is 227 Å². The van der Waals surface area contributed by atoms with Crippen molar-refractivity contribution >= 4 is 23.6 Å². The maximum Gasteiger partial charge on any atom is 0.255 e. The molecule has 1 saturated heterocycles. The van der Waals surface area contributed by atoms with Gasteiger partial charge in [0.05, 0.1) is 7.11 Å². The number of methoxy groups -OCH3 is 1. The number of rotatable bonds is 6. The van der Waals surface area contributed by atoms with Crippen molar-refractivity contribution in [3.05, 3.63) is 89.0 Å². The van der Waals surface area contributed by atoms with Crippen LogP contribution in [-0.2, 0) is 16.8 Å². The molecule has 1 N–H and O–H groups in total. The molecule has 2 aliphatic heterocycles. The molecule has 0 bridgehead atoms. The van der Waals surface area contributed by atoms with Gasteiger partial charge in [-0.1, -0.05) is 51.1 Å². The zero-order valence-electron chi connectivity index (χ0n) is 22.0. The number of carbonyl (C=O) groups excluding carboxylic acids is 2. The minimum atomic E-state index is -0.615. The highest BCUT2D eigenvalue weighted by molar-refractivity contribution is 7.99. The second-order valence-electron chi connectivity index (χ2n) is 10.4. The van der Waals surface area contributed by atoms with Gasteiger partial charge in [-0.2, -0.15) is 0 Å². The number of thioether (sulfide) groups is 1. The Balaban J connectivity index is 1.39. The fourth-order valence-electron chi connectivity index (χ4n) is 4.60. The molecule has 3 aromatic rings. The standard InChI is InChI=1S/C30H32N2O5S/c1-30(2,3)22-10-6-21(7-11-22)29-32(28(34)20-8-12-23(35-4)13-9-20)24(17-38-29)27(33)31-16-19-5-14-25-26(15-19)37-18-36-25/h5-15,24,29H,16-18H2,1-4H3,(H,31,33). The number of fused-ring (bicyclic) bond motifs is 1. The summed E-state index contributed by atoms with van der Waals surface area (Å²) in [6.07, 6.45) is 0. The van der Waals surface area contributed by atoms with Gasteiger partial charge in [0.15, 0.2) is 11.5 Å². The van der Waals surface area contributed by atoms with Crippen molar-refractivity contribution in [1.82, 2.24) is 10.2 Å². The molecule has 5 rings (SSSR count). The highest BCUT2D eigenvalue weighted by Crippen LogP contribution is 2.43. The fourth-order valence-corrected chi connectivity index (χ4v) is 6.03. The van der Waals surface area contributed by atoms with Crippen molar-refractivity contribution in [3.8, 4) is 17.2 Å². The molecule has 0 saturated carbocycles. The number of amides is 2. The van der Waals surface area contributed by atoms with Gasteiger partial charge in [0, 0.05) is 17.9 Å². The molecular formula is C30H32N2O5S. The minimum Gasteiger partial charge on any atom is -0.497 e. The number of nitrogens with zero attached hydrogens (tertiary/aromatic N) is 1. The Morgan fingerprint density at radius 3 is 2.39 bits per heavy atom. The van der Waals surface area contributed by atoms with Crippen LogP contribution in [0.1, 0.15) is 53.2 Å². The molecule has 1 fully saturated rings. The highest BCUT2D eigenvalue weighted by Gasteiger charge is 2.42. The van der Waals surface area contributed by atoms with Crippen molar-refractivity contribution in [3.63, 3.8) is 0 Å². The molecule has 3 aromatic carbocycles. The average Bonchev–Trinajstić information content (AvgIpc) is 3.58. The first-order valence-electron chi connectivity index (χ1n) is 12.6. The van der Waals surface area contributed by atoms with E-state index in [1.165, 1.54) is 5.56 Å². The molecule has 0 radical (unpaired) electrons. The maximum absolute atomic E-state index is 13.8. The molecule has 7 nitrogen and oxygen atoms in total. The van der Waals surface area contributed by atoms with E-state index in [1.807, 2.05) is 18.2 Å². The third-order valence-corrected chi connectivity index (χ3v) is 8.16. The monoisotopic (exact) mass is 532 g/mol. The summed E-state index contributed by atoms with van der Waals surface area (Å²) >= 11 is 1.61. The summed E-state index contributed by atoms with van der Waals surface area (Å²) in [5.74, 6) is 2.16. The van der Waals surface area contributed by atoms with Crippen LogP contribution in [0.5, 0.6) is 17.2 Å². The second-order valence-corrected chi connectivity index (χ2v) is 11.5. The highest BCUT2D eigenvalue weighted by atomic mass is 32.2. The molecule has 2 unspecified atom stereocenters. The smallest absolute Gasteiger partial charge is 0.255 e. The fraction of sp³-hybridized carbons (Fsp3) is 0.333. The predicted octanol–water partition coefficient (Wildman–Crippen LogP) is 5.29. The number of ether oxygens (including phenoxy) is 3. The Hall–Kier alpha value is -3.65. The van der Waals surface area contributed by atoms with Crippen LogP contribution in [0.4, 0.5) is 0 Å². The molecule has 2 aliphatic rings. The molecule has 2 atom stereocenters. The third-order valence-electron chi connectivity index (χ3n) is 6.84. The van der Waals surface area contributed by atoms with E-state index in [1.54, 1.807) is 48.0 Å². The normalized spacial score (nSPS) is 18.4. The molecule has 8 heteroatoms. The number of hydrogen-bond acceptors (Lipinski definition) is 6. The van der Waals surface area contributed by atoms with Crippen molar-refractivity contribution in [2.24, 2.45) is 0 Å². The SMILES string of the molecule is COc1ccc(C(=O)N2C(C(=O)NCc3ccc4c(c3)OCO4)CSC2c2ccc(C(C)(C)C)cc2)cc1. The van der Waals surface area contributed by atoms with Gasteiger partial charge in [0.25, 0.3) is 5.91 Å². The van der Waals surface area contributed by atoms with Gasteiger partial charge in [-0.05, 0) is 58.5 Å². The Morgan fingerprint density at radius 1 is 1.00 bits per heavy atom. The van der Waals surface area contributed by atoms with Crippen molar-refractivity contribution < 1.29 is 23.8 Å². The summed E-state index contributed by atoms with van der Waals surface area (Å²) < 4.78 is 16.1. The topological polar surface area (TPSA) is 77.1 Å². The van der Waals surface area contributed by atoms with Gasteiger partial charge in [-0.25, -0.2) is 0 Å². The summed E-state index contributed by atoms with van der Waals surface area (Å²) in [6, 6.07) is 20.4. The summed E-state index contributed by atoms with van der Waals surface area (Å²) in [7, 11) is 1.59. The van der Waals surface area contributed by atoms with Crippen molar-refractivity contribution in [1.29, 1.82) is 0 Å². The summed E-state index contributed by atoms with van der Waals surface area (Å²) in [4.78, 5) is 29.0. The van der Waals surface area contributed by atoms with Gasteiger partial charge in [-0.3, -0.25) is 9.59 Å². The molecular weight excluding hydrogens is 500 g/mol. The van der Waals surface area contributed by atoms with Crippen LogP contribution < -0.4 is 19.5 Å². The van der Waals surface area contributed by atoms with Gasteiger partial charge in [-0.15, -0.1) is 11.8 Å². The van der Waals surface area contributed by atoms with Gasteiger partial charge in [0.1, 0.15) is 17.2 Å². The lowest BCUT2D eigenvalue weighted by Gasteiger charge is -2.30.